The van der Waals surface area contributed by atoms with Crippen molar-refractivity contribution >= 4 is 23.4 Å². The zero-order valence-corrected chi connectivity index (χ0v) is 17.9. The molecule has 2 aromatic carbocycles. The third-order valence-corrected chi connectivity index (χ3v) is 6.23. The Labute approximate surface area is 181 Å². The third kappa shape index (κ3) is 4.84. The van der Waals surface area contributed by atoms with Crippen LogP contribution in [0.15, 0.2) is 59.8 Å². The molecule has 30 heavy (non-hydrogen) atoms. The Morgan fingerprint density at radius 1 is 1.10 bits per heavy atom. The third-order valence-electron chi connectivity index (χ3n) is 5.40. The van der Waals surface area contributed by atoms with Crippen molar-refractivity contribution in [1.82, 2.24) is 15.2 Å². The van der Waals surface area contributed by atoms with Gasteiger partial charge in [-0.15, -0.1) is 5.10 Å². The molecule has 0 radical (unpaired) electrons. The molecule has 1 amide bonds. The maximum absolute atomic E-state index is 13.2. The number of methoxy groups -OCH3 is 1. The van der Waals surface area contributed by atoms with Crippen LogP contribution < -0.4 is 9.64 Å². The van der Waals surface area contributed by atoms with Gasteiger partial charge in [0.15, 0.2) is 5.82 Å². The van der Waals surface area contributed by atoms with E-state index in [1.54, 1.807) is 7.11 Å². The number of nitrogens with one attached hydrogen (secondary N) is 1. The molecule has 0 spiro atoms. The normalized spacial score (nSPS) is 14.4. The zero-order chi connectivity index (χ0) is 20.8. The lowest BCUT2D eigenvalue weighted by Crippen LogP contribution is -2.42. The molecule has 156 valence electrons. The number of thioether (sulfide) groups is 1. The van der Waals surface area contributed by atoms with Crippen molar-refractivity contribution in [2.75, 3.05) is 17.8 Å². The van der Waals surface area contributed by atoms with Gasteiger partial charge in [-0.1, -0.05) is 49.2 Å². The molecule has 1 aliphatic rings. The fourth-order valence-corrected chi connectivity index (χ4v) is 4.53. The molecule has 0 unspecified atom stereocenters. The van der Waals surface area contributed by atoms with Gasteiger partial charge in [0.1, 0.15) is 5.75 Å². The van der Waals surface area contributed by atoms with E-state index in [1.807, 2.05) is 59.5 Å². The minimum Gasteiger partial charge on any atom is -0.497 e. The number of ether oxygens (including phenoxy) is 1. The highest BCUT2D eigenvalue weighted by Crippen LogP contribution is 2.29. The first kappa shape index (κ1) is 20.5. The Kier molecular flexibility index (Phi) is 6.69. The molecule has 4 rings (SSSR count). The predicted molar refractivity (Wildman–Crippen MR) is 120 cm³/mol. The molecular formula is C23H26N4O2S. The van der Waals surface area contributed by atoms with E-state index in [0.29, 0.717) is 16.7 Å². The Morgan fingerprint density at radius 3 is 2.53 bits per heavy atom. The maximum Gasteiger partial charge on any atom is 0.237 e. The van der Waals surface area contributed by atoms with Crippen molar-refractivity contribution < 1.29 is 9.53 Å². The molecule has 3 aromatic rings. The molecule has 7 heteroatoms. The van der Waals surface area contributed by atoms with Crippen LogP contribution in [0.25, 0.3) is 11.4 Å². The summed E-state index contributed by atoms with van der Waals surface area (Å²) in [6.07, 6.45) is 5.75. The zero-order valence-electron chi connectivity index (χ0n) is 17.1. The SMILES string of the molecule is COc1ccc(-c2nc(SCC(=O)N(c3ccccc3)C3CCCCC3)n[nH]2)cc1. The number of benzene rings is 2. The van der Waals surface area contributed by atoms with E-state index < -0.39 is 0 Å². The van der Waals surface area contributed by atoms with Gasteiger partial charge < -0.3 is 9.64 Å². The first-order chi connectivity index (χ1) is 14.7. The number of anilines is 1. The molecule has 6 nitrogen and oxygen atoms in total. The lowest BCUT2D eigenvalue weighted by atomic mass is 9.93. The number of carbonyl (C=O) groups is 1. The molecular weight excluding hydrogens is 396 g/mol. The summed E-state index contributed by atoms with van der Waals surface area (Å²) in [6.45, 7) is 0. The largest absolute Gasteiger partial charge is 0.497 e. The smallest absolute Gasteiger partial charge is 0.237 e. The van der Waals surface area contributed by atoms with Gasteiger partial charge in [-0.05, 0) is 49.2 Å². The van der Waals surface area contributed by atoms with Crippen molar-refractivity contribution in [3.05, 3.63) is 54.6 Å². The summed E-state index contributed by atoms with van der Waals surface area (Å²) in [5.41, 5.74) is 1.90. The van der Waals surface area contributed by atoms with E-state index in [1.165, 1.54) is 31.0 Å². The van der Waals surface area contributed by atoms with Gasteiger partial charge in [0.05, 0.1) is 12.9 Å². The van der Waals surface area contributed by atoms with E-state index in [2.05, 4.69) is 15.2 Å². The summed E-state index contributed by atoms with van der Waals surface area (Å²) in [6, 6.07) is 17.9. The first-order valence-electron chi connectivity index (χ1n) is 10.3. The molecule has 1 N–H and O–H groups in total. The lowest BCUT2D eigenvalue weighted by Gasteiger charge is -2.34. The van der Waals surface area contributed by atoms with Gasteiger partial charge in [-0.2, -0.15) is 0 Å². The lowest BCUT2D eigenvalue weighted by molar-refractivity contribution is -0.116. The van der Waals surface area contributed by atoms with E-state index in [9.17, 15) is 4.79 Å². The number of nitrogens with zero attached hydrogens (tertiary/aromatic N) is 3. The fourth-order valence-electron chi connectivity index (χ4n) is 3.87. The molecule has 1 aliphatic carbocycles. The van der Waals surface area contributed by atoms with Gasteiger partial charge in [0.2, 0.25) is 11.1 Å². The average molecular weight is 423 g/mol. The fraction of sp³-hybridized carbons (Fsp3) is 0.348. The summed E-state index contributed by atoms with van der Waals surface area (Å²) >= 11 is 1.37. The summed E-state index contributed by atoms with van der Waals surface area (Å²) in [5.74, 6) is 1.89. The summed E-state index contributed by atoms with van der Waals surface area (Å²) in [5, 5.41) is 7.81. The van der Waals surface area contributed by atoms with Crippen LogP contribution in [0.3, 0.4) is 0 Å². The Bertz CT molecular complexity index is 953. The van der Waals surface area contributed by atoms with Crippen LogP contribution in [0.2, 0.25) is 0 Å². The molecule has 1 fully saturated rings. The highest BCUT2D eigenvalue weighted by molar-refractivity contribution is 7.99. The summed E-state index contributed by atoms with van der Waals surface area (Å²) in [7, 11) is 1.64. The topological polar surface area (TPSA) is 71.1 Å². The van der Waals surface area contributed by atoms with E-state index >= 15 is 0 Å². The number of amides is 1. The van der Waals surface area contributed by atoms with Crippen molar-refractivity contribution in [2.45, 2.75) is 43.3 Å². The summed E-state index contributed by atoms with van der Waals surface area (Å²) in [4.78, 5) is 19.7. The van der Waals surface area contributed by atoms with E-state index in [0.717, 1.165) is 29.8 Å². The highest BCUT2D eigenvalue weighted by Gasteiger charge is 2.27. The molecule has 0 aliphatic heterocycles. The van der Waals surface area contributed by atoms with Gasteiger partial charge in [-0.3, -0.25) is 9.89 Å². The second-order valence-electron chi connectivity index (χ2n) is 7.37. The molecule has 1 saturated carbocycles. The van der Waals surface area contributed by atoms with Crippen LogP contribution in [0, 0.1) is 0 Å². The highest BCUT2D eigenvalue weighted by atomic mass is 32.2. The van der Waals surface area contributed by atoms with Crippen LogP contribution in [-0.4, -0.2) is 40.0 Å². The van der Waals surface area contributed by atoms with Crippen LogP contribution in [0.1, 0.15) is 32.1 Å². The minimum absolute atomic E-state index is 0.105. The quantitative estimate of drug-likeness (QED) is 0.546. The van der Waals surface area contributed by atoms with Crippen LogP contribution in [-0.2, 0) is 4.79 Å². The van der Waals surface area contributed by atoms with Crippen molar-refractivity contribution in [2.24, 2.45) is 0 Å². The summed E-state index contributed by atoms with van der Waals surface area (Å²) < 4.78 is 5.19. The minimum atomic E-state index is 0.105. The number of hydrogen-bond donors (Lipinski definition) is 1. The number of hydrogen-bond acceptors (Lipinski definition) is 5. The first-order valence-corrected chi connectivity index (χ1v) is 11.3. The maximum atomic E-state index is 13.2. The second-order valence-corrected chi connectivity index (χ2v) is 8.32. The van der Waals surface area contributed by atoms with Crippen LogP contribution in [0.5, 0.6) is 5.75 Å². The number of H-pyrrole nitrogens is 1. The molecule has 1 aromatic heterocycles. The second kappa shape index (κ2) is 9.80. The molecule has 0 bridgehead atoms. The van der Waals surface area contributed by atoms with Crippen molar-refractivity contribution in [1.29, 1.82) is 0 Å². The van der Waals surface area contributed by atoms with Gasteiger partial charge in [-0.25, -0.2) is 4.98 Å². The number of aromatic nitrogens is 3. The monoisotopic (exact) mass is 422 g/mol. The number of rotatable bonds is 7. The Morgan fingerprint density at radius 2 is 1.83 bits per heavy atom. The van der Waals surface area contributed by atoms with E-state index in [-0.39, 0.29) is 11.9 Å². The van der Waals surface area contributed by atoms with Crippen molar-refractivity contribution in [3.8, 4) is 17.1 Å². The van der Waals surface area contributed by atoms with Crippen molar-refractivity contribution in [3.63, 3.8) is 0 Å². The predicted octanol–water partition coefficient (Wildman–Crippen LogP) is 4.94. The van der Waals surface area contributed by atoms with Gasteiger partial charge >= 0.3 is 0 Å². The Hall–Kier alpha value is -2.80. The van der Waals surface area contributed by atoms with Gasteiger partial charge in [0, 0.05) is 17.3 Å². The molecule has 1 heterocycles. The van der Waals surface area contributed by atoms with Crippen LogP contribution >= 0.6 is 11.8 Å². The van der Waals surface area contributed by atoms with Gasteiger partial charge in [0.25, 0.3) is 0 Å². The molecule has 0 atom stereocenters. The number of aromatic amines is 1. The van der Waals surface area contributed by atoms with Crippen LogP contribution in [0.4, 0.5) is 5.69 Å². The number of para-hydroxylation sites is 1. The standard InChI is InChI=1S/C23H26N4O2S/c1-29-20-14-12-17(13-15-20)22-24-23(26-25-22)30-16-21(28)27(18-8-4-2-5-9-18)19-10-6-3-7-11-19/h2,4-5,8-9,12-15,19H,3,6-7,10-11,16H2,1H3,(H,24,25,26). The Balaban J connectivity index is 1.43. The van der Waals surface area contributed by atoms with E-state index in [4.69, 9.17) is 4.74 Å². The molecule has 0 saturated heterocycles. The average Bonchev–Trinajstić information content (AvgIpc) is 3.28. The number of carbonyl (C=O) groups excluding carboxylic acids is 1.